The molecule has 0 aliphatic heterocycles. The van der Waals surface area contributed by atoms with Gasteiger partial charge in [0.05, 0.1) is 5.02 Å². The summed E-state index contributed by atoms with van der Waals surface area (Å²) in [7, 11) is -4.16. The van der Waals surface area contributed by atoms with Crippen LogP contribution in [-0.2, 0) is 10.0 Å². The first-order valence-electron chi connectivity index (χ1n) is 5.75. The quantitative estimate of drug-likeness (QED) is 0.801. The molecule has 21 heavy (non-hydrogen) atoms. The van der Waals surface area contributed by atoms with Crippen LogP contribution >= 0.6 is 11.6 Å². The van der Waals surface area contributed by atoms with E-state index in [1.54, 1.807) is 24.4 Å². The summed E-state index contributed by atoms with van der Waals surface area (Å²) in [6.07, 6.45) is 1.58. The Bertz CT molecular complexity index is 926. The van der Waals surface area contributed by atoms with E-state index in [0.29, 0.717) is 5.65 Å². The summed E-state index contributed by atoms with van der Waals surface area (Å²) in [6, 6.07) is 8.81. The number of rotatable bonds is 3. The number of benzene rings is 1. The van der Waals surface area contributed by atoms with Gasteiger partial charge in [-0.05, 0) is 24.3 Å². The lowest BCUT2D eigenvalue weighted by atomic mass is 10.3. The van der Waals surface area contributed by atoms with Crippen LogP contribution in [0.15, 0.2) is 47.5 Å². The molecule has 1 aromatic carbocycles. The summed E-state index contributed by atoms with van der Waals surface area (Å²) in [4.78, 5) is -0.553. The highest BCUT2D eigenvalue weighted by Crippen LogP contribution is 2.23. The molecule has 6 nitrogen and oxygen atoms in total. The number of fused-ring (bicyclic) bond motifs is 1. The highest BCUT2D eigenvalue weighted by molar-refractivity contribution is 7.92. The molecule has 0 spiro atoms. The molecule has 0 bridgehead atoms. The van der Waals surface area contributed by atoms with Crippen molar-refractivity contribution in [3.05, 3.63) is 53.4 Å². The Hall–Kier alpha value is -2.19. The molecule has 2 aromatic heterocycles. The van der Waals surface area contributed by atoms with E-state index >= 15 is 0 Å². The topological polar surface area (TPSA) is 76.4 Å². The van der Waals surface area contributed by atoms with Gasteiger partial charge in [0.2, 0.25) is 5.95 Å². The van der Waals surface area contributed by atoms with Crippen molar-refractivity contribution in [2.24, 2.45) is 0 Å². The normalized spacial score (nSPS) is 11.7. The van der Waals surface area contributed by atoms with Gasteiger partial charge < -0.3 is 0 Å². The Morgan fingerprint density at radius 1 is 1.14 bits per heavy atom. The van der Waals surface area contributed by atoms with Crippen molar-refractivity contribution in [1.29, 1.82) is 0 Å². The number of halogens is 2. The lowest BCUT2D eigenvalue weighted by Gasteiger charge is -2.07. The van der Waals surface area contributed by atoms with Gasteiger partial charge in [0.25, 0.3) is 10.0 Å². The molecule has 1 N–H and O–H groups in total. The molecule has 0 saturated heterocycles. The number of hydrogen-bond donors (Lipinski definition) is 1. The molecule has 0 aliphatic carbocycles. The Balaban J connectivity index is 2.06. The maximum atomic E-state index is 13.8. The Morgan fingerprint density at radius 3 is 2.76 bits per heavy atom. The van der Waals surface area contributed by atoms with Crippen LogP contribution < -0.4 is 4.72 Å². The van der Waals surface area contributed by atoms with Gasteiger partial charge >= 0.3 is 0 Å². The number of sulfonamides is 1. The first kappa shape index (κ1) is 13.8. The van der Waals surface area contributed by atoms with E-state index in [1.165, 1.54) is 16.5 Å². The predicted molar refractivity (Wildman–Crippen MR) is 75.2 cm³/mol. The molecule has 2 heterocycles. The number of aromatic nitrogens is 3. The van der Waals surface area contributed by atoms with E-state index in [4.69, 9.17) is 11.6 Å². The van der Waals surface area contributed by atoms with Crippen molar-refractivity contribution < 1.29 is 12.8 Å². The molecule has 0 unspecified atom stereocenters. The fraction of sp³-hybridized carbons (Fsp3) is 0. The van der Waals surface area contributed by atoms with E-state index in [2.05, 4.69) is 14.9 Å². The molecule has 0 aliphatic rings. The van der Waals surface area contributed by atoms with Crippen molar-refractivity contribution in [1.82, 2.24) is 14.6 Å². The highest BCUT2D eigenvalue weighted by Gasteiger charge is 2.22. The van der Waals surface area contributed by atoms with Crippen LogP contribution in [0, 0.1) is 5.82 Å². The molecule has 108 valence electrons. The first-order chi connectivity index (χ1) is 9.99. The number of hydrogen-bond acceptors (Lipinski definition) is 4. The molecule has 3 aromatic rings. The van der Waals surface area contributed by atoms with Crippen molar-refractivity contribution in [3.8, 4) is 0 Å². The van der Waals surface area contributed by atoms with Crippen LogP contribution in [0.3, 0.4) is 0 Å². The zero-order valence-electron chi connectivity index (χ0n) is 10.4. The minimum atomic E-state index is -4.16. The van der Waals surface area contributed by atoms with Crippen LogP contribution in [0.5, 0.6) is 0 Å². The molecular weight excluding hydrogens is 319 g/mol. The largest absolute Gasteiger partial charge is 0.268 e. The molecule has 0 amide bonds. The molecule has 3 rings (SSSR count). The summed E-state index contributed by atoms with van der Waals surface area (Å²) >= 11 is 5.60. The average Bonchev–Trinajstić information content (AvgIpc) is 2.84. The molecule has 0 atom stereocenters. The fourth-order valence-electron chi connectivity index (χ4n) is 1.78. The van der Waals surface area contributed by atoms with Crippen molar-refractivity contribution >= 4 is 33.2 Å². The second-order valence-corrected chi connectivity index (χ2v) is 6.17. The maximum absolute atomic E-state index is 13.8. The minimum Gasteiger partial charge on any atom is -0.268 e. The monoisotopic (exact) mass is 326 g/mol. The van der Waals surface area contributed by atoms with Gasteiger partial charge in [-0.15, -0.1) is 10.2 Å². The summed E-state index contributed by atoms with van der Waals surface area (Å²) < 4.78 is 41.9. The predicted octanol–water partition coefficient (Wildman–Crippen LogP) is 2.32. The van der Waals surface area contributed by atoms with Gasteiger partial charge in [-0.25, -0.2) is 17.5 Å². The summed E-state index contributed by atoms with van der Waals surface area (Å²) in [6.45, 7) is 0. The highest BCUT2D eigenvalue weighted by atomic mass is 35.5. The third-order valence-corrected chi connectivity index (χ3v) is 4.38. The Morgan fingerprint density at radius 2 is 1.95 bits per heavy atom. The molecule has 0 fully saturated rings. The minimum absolute atomic E-state index is 0.0371. The van der Waals surface area contributed by atoms with Gasteiger partial charge in [-0.3, -0.25) is 4.40 Å². The summed E-state index contributed by atoms with van der Waals surface area (Å²) in [5.41, 5.74) is 0.460. The molecular formula is C12H8ClFN4O2S. The Labute approximate surface area is 124 Å². The SMILES string of the molecule is O=S(=O)(Nc1nnc2ccccn12)c1cccc(Cl)c1F. The number of nitrogens with one attached hydrogen (secondary N) is 1. The zero-order chi connectivity index (χ0) is 15.0. The van der Waals surface area contributed by atoms with Crippen LogP contribution in [-0.4, -0.2) is 23.0 Å². The Kier molecular flexibility index (Phi) is 3.26. The van der Waals surface area contributed by atoms with Crippen LogP contribution in [0.1, 0.15) is 0 Å². The number of nitrogens with zero attached hydrogens (tertiary/aromatic N) is 3. The van der Waals surface area contributed by atoms with E-state index in [-0.39, 0.29) is 11.0 Å². The number of pyridine rings is 1. The lowest BCUT2D eigenvalue weighted by Crippen LogP contribution is -2.16. The third kappa shape index (κ3) is 2.43. The first-order valence-corrected chi connectivity index (χ1v) is 7.62. The summed E-state index contributed by atoms with van der Waals surface area (Å²) in [5.74, 6) is -1.05. The van der Waals surface area contributed by atoms with E-state index in [1.807, 2.05) is 0 Å². The van der Waals surface area contributed by atoms with Gasteiger partial charge in [0, 0.05) is 6.20 Å². The average molecular weight is 327 g/mol. The van der Waals surface area contributed by atoms with Crippen LogP contribution in [0.25, 0.3) is 5.65 Å². The second kappa shape index (κ2) is 4.97. The zero-order valence-corrected chi connectivity index (χ0v) is 11.9. The molecule has 9 heteroatoms. The van der Waals surface area contributed by atoms with E-state index < -0.39 is 20.7 Å². The van der Waals surface area contributed by atoms with E-state index in [0.717, 1.165) is 6.07 Å². The third-order valence-electron chi connectivity index (χ3n) is 2.75. The fourth-order valence-corrected chi connectivity index (χ4v) is 3.10. The molecule has 0 saturated carbocycles. The standard InChI is InChI=1S/C12H8ClFN4O2S/c13-8-4-3-5-9(11(8)14)21(19,20)17-12-16-15-10-6-1-2-7-18(10)12/h1-7H,(H,16,17). The summed E-state index contributed by atoms with van der Waals surface area (Å²) in [5, 5.41) is 7.25. The van der Waals surface area contributed by atoms with E-state index in [9.17, 15) is 12.8 Å². The van der Waals surface area contributed by atoms with Crippen LogP contribution in [0.2, 0.25) is 5.02 Å². The van der Waals surface area contributed by atoms with Gasteiger partial charge in [0.15, 0.2) is 11.5 Å². The second-order valence-electron chi connectivity index (χ2n) is 4.11. The van der Waals surface area contributed by atoms with Crippen molar-refractivity contribution in [2.75, 3.05) is 4.72 Å². The van der Waals surface area contributed by atoms with Crippen molar-refractivity contribution in [2.45, 2.75) is 4.90 Å². The van der Waals surface area contributed by atoms with Gasteiger partial charge in [-0.2, -0.15) is 0 Å². The molecule has 0 radical (unpaired) electrons. The smallest absolute Gasteiger partial charge is 0.267 e. The van der Waals surface area contributed by atoms with Crippen molar-refractivity contribution in [3.63, 3.8) is 0 Å². The van der Waals surface area contributed by atoms with Crippen LogP contribution in [0.4, 0.5) is 10.3 Å². The van der Waals surface area contributed by atoms with Gasteiger partial charge in [-0.1, -0.05) is 23.7 Å². The lowest BCUT2D eigenvalue weighted by molar-refractivity contribution is 0.570. The maximum Gasteiger partial charge on any atom is 0.267 e. The number of anilines is 1. The van der Waals surface area contributed by atoms with Gasteiger partial charge in [0.1, 0.15) is 4.90 Å².